The number of hydrogen-bond acceptors (Lipinski definition) is 3. The van der Waals surface area contributed by atoms with Crippen LogP contribution < -0.4 is 5.32 Å². The molecule has 1 aliphatic heterocycles. The van der Waals surface area contributed by atoms with E-state index < -0.39 is 0 Å². The molecule has 2 aromatic rings. The Morgan fingerprint density at radius 3 is 2.54 bits per heavy atom. The topological polar surface area (TPSA) is 50.7 Å². The molecule has 0 saturated heterocycles. The van der Waals surface area contributed by atoms with Gasteiger partial charge in [0.05, 0.1) is 6.04 Å². The van der Waals surface area contributed by atoms with E-state index in [4.69, 9.17) is 16.3 Å². The minimum atomic E-state index is -0.146. The van der Waals surface area contributed by atoms with E-state index in [1.807, 2.05) is 31.2 Å². The normalized spacial score (nSPS) is 16.4. The lowest BCUT2D eigenvalue weighted by molar-refractivity contribution is 0.102. The first-order valence-electron chi connectivity index (χ1n) is 7.93. The van der Waals surface area contributed by atoms with Gasteiger partial charge in [0.2, 0.25) is 0 Å². The van der Waals surface area contributed by atoms with Crippen molar-refractivity contribution >= 4 is 29.1 Å². The molecule has 0 fully saturated rings. The molecule has 4 nitrogen and oxygen atoms in total. The van der Waals surface area contributed by atoms with E-state index in [1.165, 1.54) is 5.56 Å². The van der Waals surface area contributed by atoms with E-state index in [1.54, 1.807) is 24.3 Å². The van der Waals surface area contributed by atoms with Crippen molar-refractivity contribution in [3.05, 3.63) is 64.7 Å². The Kier molecular flexibility index (Phi) is 5.16. The zero-order valence-corrected chi connectivity index (χ0v) is 14.2. The van der Waals surface area contributed by atoms with E-state index in [9.17, 15) is 4.79 Å². The molecule has 5 heteroatoms. The molecule has 2 aromatic carbocycles. The van der Waals surface area contributed by atoms with Gasteiger partial charge >= 0.3 is 0 Å². The van der Waals surface area contributed by atoms with Crippen molar-refractivity contribution in [2.24, 2.45) is 4.99 Å². The first-order valence-corrected chi connectivity index (χ1v) is 8.31. The van der Waals surface area contributed by atoms with Crippen molar-refractivity contribution in [3.63, 3.8) is 0 Å². The van der Waals surface area contributed by atoms with E-state index in [-0.39, 0.29) is 11.9 Å². The van der Waals surface area contributed by atoms with Crippen LogP contribution >= 0.6 is 11.6 Å². The van der Waals surface area contributed by atoms with Gasteiger partial charge in [-0.05, 0) is 54.8 Å². The SMILES string of the molecule is CC1=NC(CCc2ccc(NC(=O)c3ccc(Cl)cc3)cc2)CO1. The third kappa shape index (κ3) is 4.36. The van der Waals surface area contributed by atoms with Crippen LogP contribution in [0.4, 0.5) is 5.69 Å². The van der Waals surface area contributed by atoms with E-state index in [0.717, 1.165) is 24.4 Å². The summed E-state index contributed by atoms with van der Waals surface area (Å²) in [5.74, 6) is 0.632. The summed E-state index contributed by atoms with van der Waals surface area (Å²) >= 11 is 5.83. The number of carbonyl (C=O) groups is 1. The third-order valence-electron chi connectivity index (χ3n) is 3.93. The number of halogens is 1. The highest BCUT2D eigenvalue weighted by Crippen LogP contribution is 2.16. The molecule has 0 aliphatic carbocycles. The van der Waals surface area contributed by atoms with Crippen LogP contribution in [0.3, 0.4) is 0 Å². The summed E-state index contributed by atoms with van der Waals surface area (Å²) < 4.78 is 5.36. The van der Waals surface area contributed by atoms with Crippen molar-refractivity contribution in [1.82, 2.24) is 0 Å². The maximum absolute atomic E-state index is 12.2. The lowest BCUT2D eigenvalue weighted by atomic mass is 10.1. The van der Waals surface area contributed by atoms with Gasteiger partial charge in [0, 0.05) is 23.2 Å². The summed E-state index contributed by atoms with van der Waals surface area (Å²) in [6.07, 6.45) is 1.91. The fourth-order valence-corrected chi connectivity index (χ4v) is 2.71. The molecular weight excluding hydrogens is 324 g/mol. The quantitative estimate of drug-likeness (QED) is 0.878. The molecule has 3 rings (SSSR count). The Hall–Kier alpha value is -2.33. The molecule has 0 spiro atoms. The Bertz CT molecular complexity index is 739. The van der Waals surface area contributed by atoms with Gasteiger partial charge in [0.15, 0.2) is 5.90 Å². The van der Waals surface area contributed by atoms with Gasteiger partial charge < -0.3 is 10.1 Å². The largest absolute Gasteiger partial charge is 0.479 e. The number of nitrogens with zero attached hydrogens (tertiary/aromatic N) is 1. The predicted molar refractivity (Wildman–Crippen MR) is 97.0 cm³/mol. The summed E-state index contributed by atoms with van der Waals surface area (Å²) in [5.41, 5.74) is 2.58. The van der Waals surface area contributed by atoms with Gasteiger partial charge in [-0.15, -0.1) is 0 Å². The third-order valence-corrected chi connectivity index (χ3v) is 4.19. The average molecular weight is 343 g/mol. The molecule has 0 radical (unpaired) electrons. The zero-order chi connectivity index (χ0) is 16.9. The molecular formula is C19H19ClN2O2. The number of ether oxygens (including phenoxy) is 1. The molecule has 0 aromatic heterocycles. The lowest BCUT2D eigenvalue weighted by Gasteiger charge is -2.08. The van der Waals surface area contributed by atoms with Crippen molar-refractivity contribution in [1.29, 1.82) is 0 Å². The fraction of sp³-hybridized carbons (Fsp3) is 0.263. The van der Waals surface area contributed by atoms with Crippen LogP contribution in [-0.4, -0.2) is 24.5 Å². The van der Waals surface area contributed by atoms with Gasteiger partial charge in [-0.25, -0.2) is 4.99 Å². The van der Waals surface area contributed by atoms with Crippen LogP contribution in [0.25, 0.3) is 0 Å². The van der Waals surface area contributed by atoms with Gasteiger partial charge in [-0.1, -0.05) is 23.7 Å². The van der Waals surface area contributed by atoms with Crippen LogP contribution in [0.15, 0.2) is 53.5 Å². The summed E-state index contributed by atoms with van der Waals surface area (Å²) in [5, 5.41) is 3.50. The summed E-state index contributed by atoms with van der Waals surface area (Å²) in [4.78, 5) is 16.6. The average Bonchev–Trinajstić information content (AvgIpc) is 3.00. The minimum Gasteiger partial charge on any atom is -0.479 e. The van der Waals surface area contributed by atoms with Crippen molar-refractivity contribution in [2.45, 2.75) is 25.8 Å². The minimum absolute atomic E-state index is 0.146. The molecule has 1 N–H and O–H groups in total. The standard InChI is InChI=1S/C19H19ClN2O2/c1-13-21-18(12-24-13)11-4-14-2-9-17(10-3-14)22-19(23)15-5-7-16(20)8-6-15/h2-3,5-10,18H,4,11-12H2,1H3,(H,22,23). The Labute approximate surface area is 146 Å². The number of anilines is 1. The number of carbonyl (C=O) groups excluding carboxylic acids is 1. The van der Waals surface area contributed by atoms with Crippen LogP contribution in [-0.2, 0) is 11.2 Å². The van der Waals surface area contributed by atoms with Gasteiger partial charge in [0.1, 0.15) is 6.61 Å². The first kappa shape index (κ1) is 16.5. The molecule has 0 saturated carbocycles. The second-order valence-corrected chi connectivity index (χ2v) is 6.25. The monoisotopic (exact) mass is 342 g/mol. The number of hydrogen-bond donors (Lipinski definition) is 1. The Balaban J connectivity index is 1.54. The maximum atomic E-state index is 12.2. The van der Waals surface area contributed by atoms with Gasteiger partial charge in [-0.2, -0.15) is 0 Å². The summed E-state index contributed by atoms with van der Waals surface area (Å²) in [6.45, 7) is 2.57. The van der Waals surface area contributed by atoms with Gasteiger partial charge in [-0.3, -0.25) is 4.79 Å². The van der Waals surface area contributed by atoms with Crippen molar-refractivity contribution in [2.75, 3.05) is 11.9 Å². The fourth-order valence-electron chi connectivity index (χ4n) is 2.59. The zero-order valence-electron chi connectivity index (χ0n) is 13.5. The van der Waals surface area contributed by atoms with Crippen LogP contribution in [0, 0.1) is 0 Å². The second kappa shape index (κ2) is 7.49. The molecule has 1 amide bonds. The van der Waals surface area contributed by atoms with Crippen LogP contribution in [0.5, 0.6) is 0 Å². The highest BCUT2D eigenvalue weighted by atomic mass is 35.5. The maximum Gasteiger partial charge on any atom is 0.255 e. The molecule has 1 atom stereocenters. The van der Waals surface area contributed by atoms with E-state index >= 15 is 0 Å². The van der Waals surface area contributed by atoms with Crippen LogP contribution in [0.2, 0.25) is 5.02 Å². The lowest BCUT2D eigenvalue weighted by Crippen LogP contribution is -2.11. The molecule has 24 heavy (non-hydrogen) atoms. The van der Waals surface area contributed by atoms with Gasteiger partial charge in [0.25, 0.3) is 5.91 Å². The number of benzene rings is 2. The molecule has 0 bridgehead atoms. The molecule has 1 aliphatic rings. The number of aliphatic imine (C=N–C) groups is 1. The van der Waals surface area contributed by atoms with Crippen molar-refractivity contribution < 1.29 is 9.53 Å². The number of aryl methyl sites for hydroxylation is 1. The Morgan fingerprint density at radius 2 is 1.92 bits per heavy atom. The van der Waals surface area contributed by atoms with Crippen LogP contribution in [0.1, 0.15) is 29.3 Å². The molecule has 1 unspecified atom stereocenters. The Morgan fingerprint density at radius 1 is 1.21 bits per heavy atom. The number of rotatable bonds is 5. The van der Waals surface area contributed by atoms with Crippen molar-refractivity contribution in [3.8, 4) is 0 Å². The first-order chi connectivity index (χ1) is 11.6. The van der Waals surface area contributed by atoms with E-state index in [0.29, 0.717) is 17.2 Å². The number of amides is 1. The number of nitrogens with one attached hydrogen (secondary N) is 1. The molecule has 1 heterocycles. The summed E-state index contributed by atoms with van der Waals surface area (Å²) in [6, 6.07) is 15.0. The highest BCUT2D eigenvalue weighted by molar-refractivity contribution is 6.30. The second-order valence-electron chi connectivity index (χ2n) is 5.81. The molecule has 124 valence electrons. The summed E-state index contributed by atoms with van der Waals surface area (Å²) in [7, 11) is 0. The predicted octanol–water partition coefficient (Wildman–Crippen LogP) is 4.34. The smallest absolute Gasteiger partial charge is 0.255 e. The highest BCUT2D eigenvalue weighted by Gasteiger charge is 2.15. The van der Waals surface area contributed by atoms with E-state index in [2.05, 4.69) is 10.3 Å².